The molecule has 0 unspecified atom stereocenters. The number of rotatable bonds is 5. The number of hydrogen-bond donors (Lipinski definition) is 1. The summed E-state index contributed by atoms with van der Waals surface area (Å²) in [6.45, 7) is 1.62. The number of amides is 1. The molecule has 1 amide bonds. The van der Waals surface area contributed by atoms with Crippen LogP contribution in [0.2, 0.25) is 0 Å². The van der Waals surface area contributed by atoms with Crippen molar-refractivity contribution in [3.8, 4) is 11.5 Å². The van der Waals surface area contributed by atoms with E-state index in [1.54, 1.807) is 18.5 Å². The van der Waals surface area contributed by atoms with Gasteiger partial charge in [0.25, 0.3) is 5.91 Å². The monoisotopic (exact) mass is 452 g/mol. The smallest absolute Gasteiger partial charge is 0.255 e. The van der Waals surface area contributed by atoms with Crippen LogP contribution in [-0.2, 0) is 0 Å². The van der Waals surface area contributed by atoms with Gasteiger partial charge in [0.05, 0.1) is 5.56 Å². The van der Waals surface area contributed by atoms with Gasteiger partial charge in [0.2, 0.25) is 5.95 Å². The van der Waals surface area contributed by atoms with Crippen LogP contribution in [0.15, 0.2) is 71.5 Å². The first-order chi connectivity index (χ1) is 14.2. The lowest BCUT2D eigenvalue weighted by molar-refractivity contribution is 0.0928. The van der Waals surface area contributed by atoms with Gasteiger partial charge in [0, 0.05) is 36.0 Å². The summed E-state index contributed by atoms with van der Waals surface area (Å²) in [5.74, 6) is 1.84. The molecule has 6 nitrogen and oxygen atoms in total. The van der Waals surface area contributed by atoms with E-state index in [0.29, 0.717) is 17.1 Å². The van der Waals surface area contributed by atoms with Crippen LogP contribution in [0.3, 0.4) is 0 Å². The van der Waals surface area contributed by atoms with E-state index in [2.05, 4.69) is 36.1 Å². The molecule has 1 aliphatic rings. The lowest BCUT2D eigenvalue weighted by Crippen LogP contribution is -2.45. The van der Waals surface area contributed by atoms with E-state index < -0.39 is 0 Å². The van der Waals surface area contributed by atoms with E-state index >= 15 is 0 Å². The quantitative estimate of drug-likeness (QED) is 0.619. The number of anilines is 1. The Bertz CT molecular complexity index is 975. The van der Waals surface area contributed by atoms with Crippen molar-refractivity contribution in [1.29, 1.82) is 0 Å². The van der Waals surface area contributed by atoms with Crippen molar-refractivity contribution in [2.45, 2.75) is 18.9 Å². The van der Waals surface area contributed by atoms with E-state index in [4.69, 9.17) is 4.74 Å². The number of benzene rings is 2. The molecule has 29 heavy (non-hydrogen) atoms. The third-order valence-electron chi connectivity index (χ3n) is 4.82. The minimum absolute atomic E-state index is 0.112. The fourth-order valence-corrected chi connectivity index (χ4v) is 3.72. The Kier molecular flexibility index (Phi) is 6.05. The summed E-state index contributed by atoms with van der Waals surface area (Å²) in [6.07, 6.45) is 5.19. The van der Waals surface area contributed by atoms with Crippen LogP contribution in [-0.4, -0.2) is 35.0 Å². The van der Waals surface area contributed by atoms with Gasteiger partial charge in [-0.05, 0) is 49.2 Å². The molecule has 1 aliphatic heterocycles. The van der Waals surface area contributed by atoms with Gasteiger partial charge in [0.15, 0.2) is 0 Å². The second kappa shape index (κ2) is 9.05. The number of carbonyl (C=O) groups is 1. The largest absolute Gasteiger partial charge is 0.456 e. The first kappa shape index (κ1) is 19.4. The van der Waals surface area contributed by atoms with E-state index in [1.807, 2.05) is 48.5 Å². The molecule has 0 bridgehead atoms. The van der Waals surface area contributed by atoms with Gasteiger partial charge >= 0.3 is 0 Å². The highest BCUT2D eigenvalue weighted by Crippen LogP contribution is 2.27. The molecule has 1 fully saturated rings. The predicted octanol–water partition coefficient (Wildman–Crippen LogP) is 4.43. The van der Waals surface area contributed by atoms with Crippen molar-refractivity contribution in [1.82, 2.24) is 15.3 Å². The lowest BCUT2D eigenvalue weighted by atomic mass is 10.0. The summed E-state index contributed by atoms with van der Waals surface area (Å²) in [7, 11) is 0. The number of nitrogens with one attached hydrogen (secondary N) is 1. The van der Waals surface area contributed by atoms with Crippen LogP contribution < -0.4 is 15.0 Å². The summed E-state index contributed by atoms with van der Waals surface area (Å²) in [5.41, 5.74) is 0.529. The minimum atomic E-state index is -0.120. The zero-order valence-electron chi connectivity index (χ0n) is 15.8. The van der Waals surface area contributed by atoms with Gasteiger partial charge in [0.1, 0.15) is 11.5 Å². The molecule has 1 N–H and O–H groups in total. The highest BCUT2D eigenvalue weighted by molar-refractivity contribution is 9.10. The normalized spacial score (nSPS) is 14.4. The lowest BCUT2D eigenvalue weighted by Gasteiger charge is -2.32. The Labute approximate surface area is 178 Å². The maximum Gasteiger partial charge on any atom is 0.255 e. The second-order valence-corrected chi connectivity index (χ2v) is 7.75. The number of aromatic nitrogens is 2. The topological polar surface area (TPSA) is 67.4 Å². The molecule has 0 spiro atoms. The van der Waals surface area contributed by atoms with Gasteiger partial charge in [-0.1, -0.05) is 34.1 Å². The SMILES string of the molecule is O=C(NC1CCN(c2ncccn2)CC1)c1ccccc1Oc1cccc(Br)c1. The average Bonchev–Trinajstić information content (AvgIpc) is 2.75. The molecule has 1 saturated heterocycles. The third-order valence-corrected chi connectivity index (χ3v) is 5.31. The highest BCUT2D eigenvalue weighted by atomic mass is 79.9. The number of hydrogen-bond acceptors (Lipinski definition) is 5. The molecule has 0 aliphatic carbocycles. The van der Waals surface area contributed by atoms with Gasteiger partial charge in [-0.2, -0.15) is 0 Å². The summed E-state index contributed by atoms with van der Waals surface area (Å²) >= 11 is 3.44. The fourth-order valence-electron chi connectivity index (χ4n) is 3.34. The van der Waals surface area contributed by atoms with E-state index in [9.17, 15) is 4.79 Å². The van der Waals surface area contributed by atoms with Crippen molar-refractivity contribution >= 4 is 27.8 Å². The molecule has 1 aromatic heterocycles. The molecule has 3 aromatic rings. The van der Waals surface area contributed by atoms with Crippen molar-refractivity contribution in [2.24, 2.45) is 0 Å². The van der Waals surface area contributed by atoms with Crippen molar-refractivity contribution in [3.63, 3.8) is 0 Å². The number of halogens is 1. The minimum Gasteiger partial charge on any atom is -0.456 e. The number of para-hydroxylation sites is 1. The van der Waals surface area contributed by atoms with Gasteiger partial charge in [-0.25, -0.2) is 9.97 Å². The van der Waals surface area contributed by atoms with E-state index in [-0.39, 0.29) is 11.9 Å². The van der Waals surface area contributed by atoms with Crippen LogP contribution in [0, 0.1) is 0 Å². The average molecular weight is 453 g/mol. The Morgan fingerprint density at radius 1 is 1.03 bits per heavy atom. The number of ether oxygens (including phenoxy) is 1. The molecule has 2 aromatic carbocycles. The Morgan fingerprint density at radius 2 is 1.79 bits per heavy atom. The van der Waals surface area contributed by atoms with Crippen molar-refractivity contribution in [3.05, 3.63) is 77.0 Å². The van der Waals surface area contributed by atoms with Gasteiger partial charge in [-0.3, -0.25) is 4.79 Å². The zero-order chi connectivity index (χ0) is 20.1. The maximum absolute atomic E-state index is 12.9. The molecular formula is C22H21BrN4O2. The Morgan fingerprint density at radius 3 is 2.55 bits per heavy atom. The predicted molar refractivity (Wildman–Crippen MR) is 115 cm³/mol. The molecule has 2 heterocycles. The summed E-state index contributed by atoms with van der Waals surface area (Å²) in [4.78, 5) is 23.7. The van der Waals surface area contributed by atoms with Crippen molar-refractivity contribution in [2.75, 3.05) is 18.0 Å². The summed E-state index contributed by atoms with van der Waals surface area (Å²) in [5, 5.41) is 3.15. The molecule has 148 valence electrons. The van der Waals surface area contributed by atoms with Gasteiger partial charge in [-0.15, -0.1) is 0 Å². The van der Waals surface area contributed by atoms with Crippen LogP contribution in [0.5, 0.6) is 11.5 Å². The molecule has 0 radical (unpaired) electrons. The zero-order valence-corrected chi connectivity index (χ0v) is 17.4. The van der Waals surface area contributed by atoms with Crippen molar-refractivity contribution < 1.29 is 9.53 Å². The molecule has 7 heteroatoms. The van der Waals surface area contributed by atoms with Gasteiger partial charge < -0.3 is 15.0 Å². The van der Waals surface area contributed by atoms with E-state index in [0.717, 1.165) is 36.4 Å². The first-order valence-electron chi connectivity index (χ1n) is 9.54. The highest BCUT2D eigenvalue weighted by Gasteiger charge is 2.23. The number of nitrogens with zero attached hydrogens (tertiary/aromatic N) is 3. The van der Waals surface area contributed by atoms with Crippen LogP contribution in [0.4, 0.5) is 5.95 Å². The number of carbonyl (C=O) groups excluding carboxylic acids is 1. The molecule has 0 saturated carbocycles. The fraction of sp³-hybridized carbons (Fsp3) is 0.227. The van der Waals surface area contributed by atoms with Crippen LogP contribution in [0.25, 0.3) is 0 Å². The number of piperidine rings is 1. The first-order valence-corrected chi connectivity index (χ1v) is 10.3. The maximum atomic E-state index is 12.9. The summed E-state index contributed by atoms with van der Waals surface area (Å²) < 4.78 is 6.88. The molecule has 0 atom stereocenters. The van der Waals surface area contributed by atoms with Crippen LogP contribution >= 0.6 is 15.9 Å². The Balaban J connectivity index is 1.39. The standard InChI is InChI=1S/C22H21BrN4O2/c23-16-5-3-6-18(15-16)29-20-8-2-1-7-19(20)21(28)26-17-9-13-27(14-10-17)22-24-11-4-12-25-22/h1-8,11-12,15,17H,9-10,13-14H2,(H,26,28). The Hall–Kier alpha value is -2.93. The summed E-state index contributed by atoms with van der Waals surface area (Å²) in [6, 6.07) is 16.8. The molecular weight excluding hydrogens is 432 g/mol. The van der Waals surface area contributed by atoms with E-state index in [1.165, 1.54) is 0 Å². The van der Waals surface area contributed by atoms with Crippen LogP contribution in [0.1, 0.15) is 23.2 Å². The second-order valence-electron chi connectivity index (χ2n) is 6.84. The third kappa shape index (κ3) is 4.92. The molecule has 4 rings (SSSR count).